The van der Waals surface area contributed by atoms with E-state index >= 15 is 0 Å². The number of rotatable bonds is 5. The zero-order chi connectivity index (χ0) is 21.7. The van der Waals surface area contributed by atoms with Gasteiger partial charge in [-0.3, -0.25) is 14.9 Å². The van der Waals surface area contributed by atoms with E-state index in [1.165, 1.54) is 24.1 Å². The molecule has 1 amide bonds. The molecule has 1 aliphatic carbocycles. The molecule has 7 heteroatoms. The Bertz CT molecular complexity index is 1340. The van der Waals surface area contributed by atoms with E-state index in [2.05, 4.69) is 62.0 Å². The first-order valence-electron chi connectivity index (χ1n) is 10.8. The van der Waals surface area contributed by atoms with Gasteiger partial charge in [0.1, 0.15) is 0 Å². The van der Waals surface area contributed by atoms with Crippen molar-refractivity contribution in [2.45, 2.75) is 32.2 Å². The minimum absolute atomic E-state index is 0.0276. The first-order valence-corrected chi connectivity index (χ1v) is 10.8. The Morgan fingerprint density at radius 1 is 1.00 bits per heavy atom. The van der Waals surface area contributed by atoms with Gasteiger partial charge in [0.2, 0.25) is 5.95 Å². The Kier molecular flexibility index (Phi) is 4.28. The van der Waals surface area contributed by atoms with Crippen molar-refractivity contribution in [2.75, 3.05) is 5.32 Å². The molecule has 2 aromatic carbocycles. The lowest BCUT2D eigenvalue weighted by Gasteiger charge is -2.08. The van der Waals surface area contributed by atoms with E-state index in [1.807, 2.05) is 30.5 Å². The highest BCUT2D eigenvalue weighted by atomic mass is 16.1. The van der Waals surface area contributed by atoms with Crippen LogP contribution in [0.2, 0.25) is 0 Å². The first kappa shape index (κ1) is 18.7. The van der Waals surface area contributed by atoms with E-state index in [9.17, 15) is 4.79 Å². The Balaban J connectivity index is 1.21. The number of aromatic amines is 1. The highest BCUT2D eigenvalue weighted by Crippen LogP contribution is 2.39. The van der Waals surface area contributed by atoms with Crippen LogP contribution in [0.4, 0.5) is 11.6 Å². The molecule has 1 fully saturated rings. The minimum atomic E-state index is -0.0276. The monoisotopic (exact) mass is 422 g/mol. The van der Waals surface area contributed by atoms with E-state index < -0.39 is 0 Å². The largest absolute Gasteiger partial charge is 0.348 e. The summed E-state index contributed by atoms with van der Waals surface area (Å²) < 4.78 is 0. The lowest BCUT2D eigenvalue weighted by Crippen LogP contribution is -2.12. The second-order valence-electron chi connectivity index (χ2n) is 8.46. The smallest absolute Gasteiger partial charge is 0.251 e. The van der Waals surface area contributed by atoms with Crippen LogP contribution in [0.1, 0.15) is 45.9 Å². The molecular weight excluding hydrogens is 400 g/mol. The van der Waals surface area contributed by atoms with Crippen LogP contribution in [0.5, 0.6) is 0 Å². The highest BCUT2D eigenvalue weighted by Gasteiger charge is 2.24. The molecule has 2 aromatic heterocycles. The number of amides is 1. The Morgan fingerprint density at radius 2 is 1.84 bits per heavy atom. The summed E-state index contributed by atoms with van der Waals surface area (Å²) in [6, 6.07) is 16.2. The molecule has 0 spiro atoms. The van der Waals surface area contributed by atoms with Crippen molar-refractivity contribution >= 4 is 17.5 Å². The number of hydrogen-bond acceptors (Lipinski definition) is 5. The second kappa shape index (κ2) is 7.30. The normalized spacial score (nSPS) is 14.8. The number of benzene rings is 2. The van der Waals surface area contributed by atoms with Gasteiger partial charge in [-0.1, -0.05) is 18.2 Å². The fourth-order valence-electron chi connectivity index (χ4n) is 4.21. The molecule has 0 saturated heterocycles. The van der Waals surface area contributed by atoms with E-state index in [1.54, 1.807) is 0 Å². The van der Waals surface area contributed by atoms with Gasteiger partial charge in [-0.15, -0.1) is 5.10 Å². The molecular formula is C25H22N6O. The van der Waals surface area contributed by atoms with Crippen LogP contribution in [-0.4, -0.2) is 26.1 Å². The quantitative estimate of drug-likeness (QED) is 0.433. The maximum atomic E-state index is 11.7. The lowest BCUT2D eigenvalue weighted by atomic mass is 9.99. The molecule has 158 valence electrons. The molecule has 0 bridgehead atoms. The van der Waals surface area contributed by atoms with Crippen molar-refractivity contribution in [3.05, 3.63) is 77.1 Å². The van der Waals surface area contributed by atoms with Gasteiger partial charge in [0.05, 0.1) is 0 Å². The fraction of sp³-hybridized carbons (Fsp3) is 0.200. The van der Waals surface area contributed by atoms with Gasteiger partial charge in [0.25, 0.3) is 5.91 Å². The summed E-state index contributed by atoms with van der Waals surface area (Å²) in [5.41, 5.74) is 8.17. The maximum absolute atomic E-state index is 11.7. The van der Waals surface area contributed by atoms with Crippen molar-refractivity contribution < 1.29 is 4.79 Å². The molecule has 32 heavy (non-hydrogen) atoms. The number of H-pyrrole nitrogens is 1. The molecule has 3 heterocycles. The molecule has 4 aromatic rings. The number of anilines is 2. The summed E-state index contributed by atoms with van der Waals surface area (Å²) in [4.78, 5) is 21.0. The summed E-state index contributed by atoms with van der Waals surface area (Å²) in [5.74, 6) is 1.82. The molecule has 0 radical (unpaired) electrons. The summed E-state index contributed by atoms with van der Waals surface area (Å²) in [6.45, 7) is 2.65. The molecule has 0 atom stereocenters. The Labute approximate surface area is 185 Å². The van der Waals surface area contributed by atoms with Crippen molar-refractivity contribution in [1.29, 1.82) is 0 Å². The third kappa shape index (κ3) is 3.41. The predicted octanol–water partition coefficient (Wildman–Crippen LogP) is 4.71. The van der Waals surface area contributed by atoms with Crippen molar-refractivity contribution in [1.82, 2.24) is 25.5 Å². The third-order valence-corrected chi connectivity index (χ3v) is 6.12. The number of aryl methyl sites for hydroxylation is 1. The summed E-state index contributed by atoms with van der Waals surface area (Å²) >= 11 is 0. The Hall–Kier alpha value is -4.00. The van der Waals surface area contributed by atoms with Gasteiger partial charge >= 0.3 is 0 Å². The van der Waals surface area contributed by atoms with Crippen molar-refractivity contribution in [3.63, 3.8) is 0 Å². The van der Waals surface area contributed by atoms with Crippen molar-refractivity contribution in [2.24, 2.45) is 0 Å². The molecule has 1 saturated carbocycles. The number of hydrogen-bond donors (Lipinski definition) is 3. The average molecular weight is 422 g/mol. The van der Waals surface area contributed by atoms with Gasteiger partial charge in [-0.05, 0) is 66.8 Å². The van der Waals surface area contributed by atoms with Crippen LogP contribution >= 0.6 is 0 Å². The maximum Gasteiger partial charge on any atom is 0.251 e. The number of nitrogens with one attached hydrogen (secondary N) is 3. The third-order valence-electron chi connectivity index (χ3n) is 6.12. The number of aromatic nitrogens is 4. The Morgan fingerprint density at radius 3 is 2.62 bits per heavy atom. The van der Waals surface area contributed by atoms with Gasteiger partial charge in [-0.2, -0.15) is 4.98 Å². The zero-order valence-electron chi connectivity index (χ0n) is 17.6. The highest BCUT2D eigenvalue weighted by molar-refractivity contribution is 5.98. The number of carbonyl (C=O) groups is 1. The van der Waals surface area contributed by atoms with Crippen LogP contribution in [-0.2, 0) is 6.54 Å². The average Bonchev–Trinajstić information content (AvgIpc) is 3.45. The number of pyridine rings is 1. The van der Waals surface area contributed by atoms with Gasteiger partial charge < -0.3 is 10.6 Å². The van der Waals surface area contributed by atoms with Crippen LogP contribution in [0.3, 0.4) is 0 Å². The molecule has 3 N–H and O–H groups in total. The summed E-state index contributed by atoms with van der Waals surface area (Å²) in [6.07, 6.45) is 4.50. The fourth-order valence-corrected chi connectivity index (χ4v) is 4.21. The van der Waals surface area contributed by atoms with Gasteiger partial charge in [0, 0.05) is 46.7 Å². The molecule has 2 aliphatic rings. The minimum Gasteiger partial charge on any atom is -0.348 e. The molecule has 7 nitrogen and oxygen atoms in total. The number of fused-ring (bicyclic) bond motifs is 1. The van der Waals surface area contributed by atoms with Gasteiger partial charge in [-0.25, -0.2) is 0 Å². The summed E-state index contributed by atoms with van der Waals surface area (Å²) in [5, 5.41) is 13.3. The predicted molar refractivity (Wildman–Crippen MR) is 123 cm³/mol. The topological polar surface area (TPSA) is 95.6 Å². The van der Waals surface area contributed by atoms with Crippen LogP contribution in [0.25, 0.3) is 22.5 Å². The molecule has 1 aliphatic heterocycles. The van der Waals surface area contributed by atoms with E-state index in [4.69, 9.17) is 0 Å². The standard InChI is InChI=1S/C25H22N6O/c1-14-10-16(4-7-20(14)17-5-9-22(26-12-17)15-2-3-15)23-29-25(31-30-23)28-19-6-8-21-18(11-19)13-27-24(21)32/h4-12,15H,2-3,13H2,1H3,(H,27,32)(H2,28,29,30,31). The zero-order valence-corrected chi connectivity index (χ0v) is 17.6. The number of nitrogens with zero attached hydrogens (tertiary/aromatic N) is 3. The lowest BCUT2D eigenvalue weighted by molar-refractivity contribution is 0.0966. The molecule has 0 unspecified atom stereocenters. The van der Waals surface area contributed by atoms with Crippen LogP contribution in [0, 0.1) is 6.92 Å². The summed E-state index contributed by atoms with van der Waals surface area (Å²) in [7, 11) is 0. The van der Waals surface area contributed by atoms with E-state index in [-0.39, 0.29) is 5.91 Å². The van der Waals surface area contributed by atoms with Gasteiger partial charge in [0.15, 0.2) is 5.82 Å². The SMILES string of the molecule is Cc1cc(-c2nc(Nc3ccc4c(c3)CNC4=O)n[nH]2)ccc1-c1ccc(C2CC2)nc1. The van der Waals surface area contributed by atoms with Crippen LogP contribution in [0.15, 0.2) is 54.7 Å². The number of carbonyl (C=O) groups excluding carboxylic acids is 1. The van der Waals surface area contributed by atoms with E-state index in [0.717, 1.165) is 33.5 Å². The first-order chi connectivity index (χ1) is 15.6. The second-order valence-corrected chi connectivity index (χ2v) is 8.46. The van der Waals surface area contributed by atoms with Crippen LogP contribution < -0.4 is 10.6 Å². The van der Waals surface area contributed by atoms with Crippen molar-refractivity contribution in [3.8, 4) is 22.5 Å². The van der Waals surface area contributed by atoms with E-state index in [0.29, 0.717) is 24.2 Å². The molecule has 6 rings (SSSR count).